The first-order valence-corrected chi connectivity index (χ1v) is 6.23. The van der Waals surface area contributed by atoms with Crippen molar-refractivity contribution in [2.45, 2.75) is 19.5 Å². The van der Waals surface area contributed by atoms with Crippen LogP contribution in [0.3, 0.4) is 0 Å². The molecule has 0 saturated heterocycles. The number of hydrogen-bond donors (Lipinski definition) is 2. The summed E-state index contributed by atoms with van der Waals surface area (Å²) in [5.74, 6) is -0.230. The number of benzene rings is 1. The average Bonchev–Trinajstić information content (AvgIpc) is 2.33. The Morgan fingerprint density at radius 3 is 2.52 bits per heavy atom. The SMILES string of the molecule is COCC(N)C(=O)Nc1cc(CN(C)C)ccc1C.Cl.Cl. The highest BCUT2D eigenvalue weighted by Gasteiger charge is 2.14. The van der Waals surface area contributed by atoms with Gasteiger partial charge in [0.25, 0.3) is 0 Å². The van der Waals surface area contributed by atoms with E-state index < -0.39 is 6.04 Å². The number of hydrogen-bond acceptors (Lipinski definition) is 4. The Kier molecular flexibility index (Phi) is 11.6. The van der Waals surface area contributed by atoms with Crippen molar-refractivity contribution in [3.63, 3.8) is 0 Å². The van der Waals surface area contributed by atoms with Crippen LogP contribution in [0.2, 0.25) is 0 Å². The number of ether oxygens (including phenoxy) is 1. The van der Waals surface area contributed by atoms with E-state index in [1.807, 2.05) is 33.2 Å². The van der Waals surface area contributed by atoms with Crippen LogP contribution in [-0.4, -0.2) is 44.7 Å². The number of aryl methyl sites for hydroxylation is 1. The van der Waals surface area contributed by atoms with Crippen LogP contribution in [0.25, 0.3) is 0 Å². The lowest BCUT2D eigenvalue weighted by molar-refractivity contribution is -0.118. The van der Waals surface area contributed by atoms with Crippen molar-refractivity contribution in [2.24, 2.45) is 5.73 Å². The zero-order chi connectivity index (χ0) is 14.4. The van der Waals surface area contributed by atoms with Gasteiger partial charge in [0, 0.05) is 19.3 Å². The highest BCUT2D eigenvalue weighted by molar-refractivity contribution is 5.95. The van der Waals surface area contributed by atoms with Gasteiger partial charge in [0.15, 0.2) is 0 Å². The molecule has 1 rings (SSSR count). The Bertz CT molecular complexity index is 442. The van der Waals surface area contributed by atoms with Crippen LogP contribution in [0.1, 0.15) is 11.1 Å². The summed E-state index contributed by atoms with van der Waals surface area (Å²) in [4.78, 5) is 13.9. The highest BCUT2D eigenvalue weighted by Crippen LogP contribution is 2.17. The normalized spacial score (nSPS) is 11.3. The Balaban J connectivity index is 0. The third-order valence-corrected chi connectivity index (χ3v) is 2.74. The summed E-state index contributed by atoms with van der Waals surface area (Å²) in [6.07, 6.45) is 0. The van der Waals surface area contributed by atoms with E-state index in [-0.39, 0.29) is 37.3 Å². The first-order chi connectivity index (χ1) is 8.93. The summed E-state index contributed by atoms with van der Waals surface area (Å²) in [5, 5.41) is 2.85. The monoisotopic (exact) mass is 337 g/mol. The van der Waals surface area contributed by atoms with Gasteiger partial charge in [-0.25, -0.2) is 0 Å². The summed E-state index contributed by atoms with van der Waals surface area (Å²) < 4.78 is 4.88. The molecule has 21 heavy (non-hydrogen) atoms. The van der Waals surface area contributed by atoms with Crippen LogP contribution in [0.4, 0.5) is 5.69 Å². The van der Waals surface area contributed by atoms with Gasteiger partial charge in [-0.2, -0.15) is 0 Å². The summed E-state index contributed by atoms with van der Waals surface area (Å²) >= 11 is 0. The molecule has 0 spiro atoms. The third kappa shape index (κ3) is 7.64. The van der Waals surface area contributed by atoms with Crippen molar-refractivity contribution in [1.82, 2.24) is 4.90 Å². The maximum absolute atomic E-state index is 11.9. The van der Waals surface area contributed by atoms with Crippen molar-refractivity contribution >= 4 is 36.4 Å². The van der Waals surface area contributed by atoms with Gasteiger partial charge in [-0.3, -0.25) is 4.79 Å². The van der Waals surface area contributed by atoms with E-state index in [9.17, 15) is 4.79 Å². The molecule has 0 heterocycles. The fourth-order valence-corrected chi connectivity index (χ4v) is 1.75. The Hall–Kier alpha value is -0.850. The summed E-state index contributed by atoms with van der Waals surface area (Å²) in [7, 11) is 5.54. The third-order valence-electron chi connectivity index (χ3n) is 2.74. The molecule has 0 aliphatic rings. The Labute approximate surface area is 139 Å². The number of nitrogens with zero attached hydrogens (tertiary/aromatic N) is 1. The van der Waals surface area contributed by atoms with E-state index in [1.54, 1.807) is 0 Å². The zero-order valence-electron chi connectivity index (χ0n) is 12.9. The maximum Gasteiger partial charge on any atom is 0.243 e. The number of nitrogens with two attached hydrogens (primary N) is 1. The minimum Gasteiger partial charge on any atom is -0.383 e. The van der Waals surface area contributed by atoms with Gasteiger partial charge in [-0.05, 0) is 38.2 Å². The fourth-order valence-electron chi connectivity index (χ4n) is 1.75. The van der Waals surface area contributed by atoms with E-state index >= 15 is 0 Å². The molecule has 7 heteroatoms. The van der Waals surface area contributed by atoms with Crippen LogP contribution in [-0.2, 0) is 16.1 Å². The number of halogens is 2. The second-order valence-corrected chi connectivity index (χ2v) is 4.94. The molecule has 5 nitrogen and oxygen atoms in total. The number of nitrogens with one attached hydrogen (secondary N) is 1. The lowest BCUT2D eigenvalue weighted by atomic mass is 10.1. The van der Waals surface area contributed by atoms with Gasteiger partial charge in [0.2, 0.25) is 5.91 Å². The predicted octanol–water partition coefficient (Wildman–Crippen LogP) is 1.81. The summed E-state index contributed by atoms with van der Waals surface area (Å²) in [6.45, 7) is 2.99. The number of carbonyl (C=O) groups excluding carboxylic acids is 1. The lowest BCUT2D eigenvalue weighted by Crippen LogP contribution is -2.39. The van der Waals surface area contributed by atoms with E-state index in [1.165, 1.54) is 7.11 Å². The molecule has 1 atom stereocenters. The number of rotatable bonds is 6. The lowest BCUT2D eigenvalue weighted by Gasteiger charge is -2.15. The van der Waals surface area contributed by atoms with E-state index in [0.29, 0.717) is 0 Å². The molecular weight excluding hydrogens is 313 g/mol. The molecule has 0 aliphatic heterocycles. The fraction of sp³-hybridized carbons (Fsp3) is 0.500. The molecule has 0 saturated carbocycles. The van der Waals surface area contributed by atoms with Crippen molar-refractivity contribution in [2.75, 3.05) is 33.1 Å². The Morgan fingerprint density at radius 2 is 2.00 bits per heavy atom. The molecule has 0 bridgehead atoms. The standard InChI is InChI=1S/C14H23N3O2.2ClH/c1-10-5-6-11(8-17(2)3)7-13(10)16-14(18)12(15)9-19-4;;/h5-7,12H,8-9,15H2,1-4H3,(H,16,18);2*1H. The quantitative estimate of drug-likeness (QED) is 0.830. The van der Waals surface area contributed by atoms with E-state index in [4.69, 9.17) is 10.5 Å². The minimum atomic E-state index is -0.651. The van der Waals surface area contributed by atoms with Gasteiger partial charge in [-0.15, -0.1) is 24.8 Å². The first kappa shape index (κ1) is 22.4. The van der Waals surface area contributed by atoms with Gasteiger partial charge in [0.05, 0.1) is 6.61 Å². The van der Waals surface area contributed by atoms with Gasteiger partial charge in [0.1, 0.15) is 6.04 Å². The van der Waals surface area contributed by atoms with Gasteiger partial charge >= 0.3 is 0 Å². The van der Waals surface area contributed by atoms with Crippen LogP contribution in [0.5, 0.6) is 0 Å². The number of amides is 1. The molecule has 122 valence electrons. The number of methoxy groups -OCH3 is 1. The van der Waals surface area contributed by atoms with E-state index in [0.717, 1.165) is 23.4 Å². The van der Waals surface area contributed by atoms with Crippen LogP contribution in [0.15, 0.2) is 18.2 Å². The maximum atomic E-state index is 11.9. The molecular formula is C14H25Cl2N3O2. The molecule has 1 amide bonds. The number of carbonyl (C=O) groups is 1. The van der Waals surface area contributed by atoms with Gasteiger partial charge in [-0.1, -0.05) is 12.1 Å². The smallest absolute Gasteiger partial charge is 0.243 e. The summed E-state index contributed by atoms with van der Waals surface area (Å²) in [6, 6.07) is 5.38. The summed E-state index contributed by atoms with van der Waals surface area (Å²) in [5.41, 5.74) is 8.66. The second kappa shape index (κ2) is 10.8. The molecule has 1 aromatic carbocycles. The van der Waals surface area contributed by atoms with Crippen LogP contribution in [0, 0.1) is 6.92 Å². The van der Waals surface area contributed by atoms with Gasteiger partial charge < -0.3 is 20.7 Å². The first-order valence-electron chi connectivity index (χ1n) is 6.23. The predicted molar refractivity (Wildman–Crippen MR) is 91.5 cm³/mol. The zero-order valence-corrected chi connectivity index (χ0v) is 14.5. The molecule has 0 radical (unpaired) electrons. The van der Waals surface area contributed by atoms with Crippen molar-refractivity contribution in [3.05, 3.63) is 29.3 Å². The van der Waals surface area contributed by atoms with Crippen molar-refractivity contribution < 1.29 is 9.53 Å². The second-order valence-electron chi connectivity index (χ2n) is 4.94. The Morgan fingerprint density at radius 1 is 1.38 bits per heavy atom. The average molecular weight is 338 g/mol. The number of anilines is 1. The molecule has 3 N–H and O–H groups in total. The van der Waals surface area contributed by atoms with Crippen molar-refractivity contribution in [1.29, 1.82) is 0 Å². The molecule has 1 aromatic rings. The van der Waals surface area contributed by atoms with Crippen LogP contribution >= 0.6 is 24.8 Å². The minimum absolute atomic E-state index is 0. The molecule has 0 aromatic heterocycles. The molecule has 1 unspecified atom stereocenters. The topological polar surface area (TPSA) is 67.6 Å². The van der Waals surface area contributed by atoms with Crippen LogP contribution < -0.4 is 11.1 Å². The molecule has 0 aliphatic carbocycles. The van der Waals surface area contributed by atoms with E-state index in [2.05, 4.69) is 16.3 Å². The van der Waals surface area contributed by atoms with Crippen molar-refractivity contribution in [3.8, 4) is 0 Å². The largest absolute Gasteiger partial charge is 0.383 e. The highest BCUT2D eigenvalue weighted by atomic mass is 35.5. The molecule has 0 fully saturated rings.